The van der Waals surface area contributed by atoms with E-state index in [-0.39, 0.29) is 11.4 Å². The first-order valence-electron chi connectivity index (χ1n) is 9.64. The minimum absolute atomic E-state index is 0.0561. The number of carbonyl (C=O) groups excluding carboxylic acids is 1. The maximum absolute atomic E-state index is 12.6. The third-order valence-corrected chi connectivity index (χ3v) is 5.59. The van der Waals surface area contributed by atoms with Gasteiger partial charge in [-0.15, -0.1) is 0 Å². The third-order valence-electron chi connectivity index (χ3n) is 4.46. The van der Waals surface area contributed by atoms with E-state index in [0.717, 1.165) is 5.56 Å². The van der Waals surface area contributed by atoms with Crippen LogP contribution < -0.4 is 15.4 Å². The number of urea groups is 1. The molecule has 1 atom stereocenters. The zero-order chi connectivity index (χ0) is 21.6. The summed E-state index contributed by atoms with van der Waals surface area (Å²) in [6, 6.07) is 18.3. The van der Waals surface area contributed by atoms with Gasteiger partial charge < -0.3 is 15.4 Å². The topological polar surface area (TPSA) is 83.1 Å². The van der Waals surface area contributed by atoms with Crippen molar-refractivity contribution in [2.45, 2.75) is 37.6 Å². The number of nitrogens with zero attached hydrogens (tertiary/aromatic N) is 1. The van der Waals surface area contributed by atoms with Crippen LogP contribution >= 0.6 is 0 Å². The van der Waals surface area contributed by atoms with E-state index >= 15 is 0 Å². The fraction of sp³-hybridized carbons (Fsp3) is 0.217. The van der Waals surface area contributed by atoms with E-state index < -0.39 is 11.0 Å². The molecule has 0 saturated heterocycles. The molecule has 0 fully saturated rings. The minimum atomic E-state index is -1.37. The molecular formula is C23H26N4O2S. The molecule has 2 aromatic carbocycles. The highest BCUT2D eigenvalue weighted by atomic mass is 32.2. The van der Waals surface area contributed by atoms with Crippen molar-refractivity contribution in [3.8, 4) is 0 Å². The van der Waals surface area contributed by atoms with Crippen molar-refractivity contribution in [3.63, 3.8) is 0 Å². The molecule has 156 valence electrons. The zero-order valence-electron chi connectivity index (χ0n) is 17.3. The van der Waals surface area contributed by atoms with Crippen LogP contribution in [-0.4, -0.2) is 15.2 Å². The van der Waals surface area contributed by atoms with Crippen LogP contribution in [0.2, 0.25) is 0 Å². The summed E-state index contributed by atoms with van der Waals surface area (Å²) >= 11 is 0. The number of aromatic nitrogens is 1. The average Bonchev–Trinajstić information content (AvgIpc) is 2.74. The van der Waals surface area contributed by atoms with Crippen LogP contribution in [0.3, 0.4) is 0 Å². The van der Waals surface area contributed by atoms with Gasteiger partial charge >= 0.3 is 6.03 Å². The molecule has 0 radical (unpaired) electrons. The fourth-order valence-corrected chi connectivity index (χ4v) is 3.58. The lowest BCUT2D eigenvalue weighted by Crippen LogP contribution is -2.28. The van der Waals surface area contributed by atoms with Crippen molar-refractivity contribution in [3.05, 3.63) is 84.2 Å². The number of rotatable bonds is 6. The molecule has 1 unspecified atom stereocenters. The molecule has 30 heavy (non-hydrogen) atoms. The number of nitrogens with one attached hydrogen (secondary N) is 3. The molecule has 1 aromatic heterocycles. The van der Waals surface area contributed by atoms with Crippen LogP contribution in [0.15, 0.2) is 78.0 Å². The second kappa shape index (κ2) is 9.54. The Labute approximate surface area is 179 Å². The molecule has 0 aliphatic heterocycles. The van der Waals surface area contributed by atoms with Gasteiger partial charge in [0.25, 0.3) is 0 Å². The van der Waals surface area contributed by atoms with Crippen molar-refractivity contribution in [1.82, 2.24) is 10.3 Å². The lowest BCUT2D eigenvalue weighted by atomic mass is 9.87. The highest BCUT2D eigenvalue weighted by molar-refractivity contribution is 7.86. The van der Waals surface area contributed by atoms with Gasteiger partial charge in [0.2, 0.25) is 0 Å². The highest BCUT2D eigenvalue weighted by Gasteiger charge is 2.14. The molecule has 0 aliphatic rings. The number of hydrogen-bond acceptors (Lipinski definition) is 3. The van der Waals surface area contributed by atoms with Gasteiger partial charge in [0.05, 0.1) is 4.90 Å². The van der Waals surface area contributed by atoms with Gasteiger partial charge in [0, 0.05) is 30.3 Å². The smallest absolute Gasteiger partial charge is 0.319 e. The van der Waals surface area contributed by atoms with Crippen LogP contribution in [0, 0.1) is 0 Å². The van der Waals surface area contributed by atoms with Gasteiger partial charge in [0.15, 0.2) is 0 Å². The van der Waals surface area contributed by atoms with Crippen LogP contribution in [0.4, 0.5) is 16.2 Å². The van der Waals surface area contributed by atoms with Gasteiger partial charge in [-0.1, -0.05) is 39.0 Å². The monoisotopic (exact) mass is 422 g/mol. The molecule has 0 spiro atoms. The Balaban J connectivity index is 1.52. The Kier molecular flexibility index (Phi) is 6.84. The number of carbonyl (C=O) groups is 1. The van der Waals surface area contributed by atoms with Crippen LogP contribution in [-0.2, 0) is 22.9 Å². The maximum Gasteiger partial charge on any atom is 0.319 e. The number of benzene rings is 2. The number of hydrogen-bond donors (Lipinski definition) is 3. The normalized spacial score (nSPS) is 12.1. The maximum atomic E-state index is 12.6. The van der Waals surface area contributed by atoms with Crippen molar-refractivity contribution in [2.75, 3.05) is 10.0 Å². The standard InChI is InChI=1S/C23H26N4O2S/c1-23(2,3)18-6-12-21(13-7-18)30(29)27-20-10-8-19(9-11-20)26-22(28)25-16-17-5-4-14-24-15-17/h4-15,27H,16H2,1-3H3,(H2,25,26,28). The summed E-state index contributed by atoms with van der Waals surface area (Å²) < 4.78 is 15.6. The first-order chi connectivity index (χ1) is 14.3. The van der Waals surface area contributed by atoms with Gasteiger partial charge in [-0.3, -0.25) is 4.98 Å². The van der Waals surface area contributed by atoms with Crippen molar-refractivity contribution in [2.24, 2.45) is 0 Å². The Hall–Kier alpha value is -3.19. The van der Waals surface area contributed by atoms with E-state index in [0.29, 0.717) is 22.8 Å². The van der Waals surface area contributed by atoms with Gasteiger partial charge in [-0.2, -0.15) is 0 Å². The van der Waals surface area contributed by atoms with E-state index in [1.165, 1.54) is 5.56 Å². The predicted octanol–water partition coefficient (Wildman–Crippen LogP) is 4.84. The Morgan fingerprint density at radius 3 is 2.23 bits per heavy atom. The van der Waals surface area contributed by atoms with Crippen LogP contribution in [0.5, 0.6) is 0 Å². The van der Waals surface area contributed by atoms with Crippen molar-refractivity contribution >= 4 is 28.4 Å². The summed E-state index contributed by atoms with van der Waals surface area (Å²) in [5.74, 6) is 0. The third kappa shape index (κ3) is 6.15. The highest BCUT2D eigenvalue weighted by Crippen LogP contribution is 2.23. The SMILES string of the molecule is CC(C)(C)c1ccc(S(=O)Nc2ccc(NC(=O)NCc3cccnc3)cc2)cc1. The van der Waals surface area contributed by atoms with Gasteiger partial charge in [-0.25, -0.2) is 9.00 Å². The largest absolute Gasteiger partial charge is 0.334 e. The molecule has 6 nitrogen and oxygen atoms in total. The van der Waals surface area contributed by atoms with E-state index in [1.807, 2.05) is 36.4 Å². The lowest BCUT2D eigenvalue weighted by Gasteiger charge is -2.19. The quantitative estimate of drug-likeness (QED) is 0.532. The van der Waals surface area contributed by atoms with Crippen molar-refractivity contribution in [1.29, 1.82) is 0 Å². The summed E-state index contributed by atoms with van der Waals surface area (Å²) in [5, 5.41) is 5.55. The molecule has 3 rings (SSSR count). The average molecular weight is 423 g/mol. The molecule has 3 N–H and O–H groups in total. The zero-order valence-corrected chi connectivity index (χ0v) is 18.1. The molecule has 0 aliphatic carbocycles. The van der Waals surface area contributed by atoms with Crippen LogP contribution in [0.25, 0.3) is 0 Å². The molecule has 7 heteroatoms. The van der Waals surface area contributed by atoms with E-state index in [9.17, 15) is 9.00 Å². The molecular weight excluding hydrogens is 396 g/mol. The molecule has 0 bridgehead atoms. The van der Waals surface area contributed by atoms with E-state index in [2.05, 4.69) is 41.1 Å². The summed E-state index contributed by atoms with van der Waals surface area (Å²) in [5.41, 5.74) is 3.52. The first-order valence-corrected chi connectivity index (χ1v) is 10.8. The summed E-state index contributed by atoms with van der Waals surface area (Å²) in [6.45, 7) is 6.83. The second-order valence-electron chi connectivity index (χ2n) is 7.89. The van der Waals surface area contributed by atoms with E-state index in [1.54, 1.807) is 36.7 Å². The summed E-state index contributed by atoms with van der Waals surface area (Å²) in [4.78, 5) is 16.7. The Bertz CT molecular complexity index is 998. The lowest BCUT2D eigenvalue weighted by molar-refractivity contribution is 0.251. The predicted molar refractivity (Wildman–Crippen MR) is 122 cm³/mol. The molecule has 2 amide bonds. The minimum Gasteiger partial charge on any atom is -0.334 e. The fourth-order valence-electron chi connectivity index (χ4n) is 2.73. The van der Waals surface area contributed by atoms with E-state index in [4.69, 9.17) is 0 Å². The van der Waals surface area contributed by atoms with Crippen LogP contribution in [0.1, 0.15) is 31.9 Å². The summed E-state index contributed by atoms with van der Waals surface area (Å²) in [7, 11) is -1.37. The van der Waals surface area contributed by atoms with Gasteiger partial charge in [-0.05, 0) is 59.0 Å². The molecule has 0 saturated carbocycles. The number of amides is 2. The second-order valence-corrected chi connectivity index (χ2v) is 9.10. The van der Waals surface area contributed by atoms with Gasteiger partial charge in [0.1, 0.15) is 11.0 Å². The molecule has 3 aromatic rings. The number of anilines is 2. The Morgan fingerprint density at radius 2 is 1.63 bits per heavy atom. The first kappa shape index (κ1) is 21.5. The van der Waals surface area contributed by atoms with Crippen molar-refractivity contribution < 1.29 is 9.00 Å². The molecule has 1 heterocycles. The Morgan fingerprint density at radius 1 is 0.967 bits per heavy atom. The number of pyridine rings is 1. The summed E-state index contributed by atoms with van der Waals surface area (Å²) in [6.07, 6.45) is 3.39.